The molecule has 2 rings (SSSR count). The summed E-state index contributed by atoms with van der Waals surface area (Å²) < 4.78 is 10.2. The Morgan fingerprint density at radius 2 is 2.14 bits per heavy atom. The van der Waals surface area contributed by atoms with Crippen molar-refractivity contribution < 1.29 is 19.4 Å². The summed E-state index contributed by atoms with van der Waals surface area (Å²) in [5, 5.41) is 10.2. The van der Waals surface area contributed by atoms with Crippen LogP contribution in [0.4, 0.5) is 0 Å². The van der Waals surface area contributed by atoms with Gasteiger partial charge in [-0.05, 0) is 37.8 Å². The van der Waals surface area contributed by atoms with E-state index in [1.165, 1.54) is 7.11 Å². The molecule has 1 atom stereocenters. The molecule has 21 heavy (non-hydrogen) atoms. The first-order valence-corrected chi connectivity index (χ1v) is 7.26. The number of methoxy groups -OCH3 is 2. The van der Waals surface area contributed by atoms with Crippen LogP contribution in [-0.2, 0) is 4.74 Å². The first kappa shape index (κ1) is 15.6. The minimum absolute atomic E-state index is 0.101. The maximum atomic E-state index is 12.8. The average molecular weight is 293 g/mol. The molecule has 1 aromatic rings. The predicted octanol–water partition coefficient (Wildman–Crippen LogP) is 2.29. The number of aromatic hydroxyl groups is 1. The molecule has 1 unspecified atom stereocenters. The van der Waals surface area contributed by atoms with Gasteiger partial charge in [-0.3, -0.25) is 4.79 Å². The first-order chi connectivity index (χ1) is 10.1. The monoisotopic (exact) mass is 293 g/mol. The number of amides is 1. The molecule has 5 nitrogen and oxygen atoms in total. The first-order valence-electron chi connectivity index (χ1n) is 7.26. The van der Waals surface area contributed by atoms with Crippen molar-refractivity contribution in [1.82, 2.24) is 4.90 Å². The molecule has 0 spiro atoms. The zero-order valence-corrected chi connectivity index (χ0v) is 12.8. The van der Waals surface area contributed by atoms with Crippen molar-refractivity contribution in [3.63, 3.8) is 0 Å². The van der Waals surface area contributed by atoms with Crippen LogP contribution >= 0.6 is 0 Å². The number of nitrogens with zero attached hydrogens (tertiary/aromatic N) is 1. The maximum absolute atomic E-state index is 12.8. The summed E-state index contributed by atoms with van der Waals surface area (Å²) in [5.74, 6) is 0.587. The van der Waals surface area contributed by atoms with Crippen LogP contribution in [0.25, 0.3) is 0 Å². The molecule has 0 aliphatic heterocycles. The molecule has 116 valence electrons. The van der Waals surface area contributed by atoms with Crippen LogP contribution in [0, 0.1) is 5.92 Å². The van der Waals surface area contributed by atoms with Crippen molar-refractivity contribution in [3.8, 4) is 11.5 Å². The largest absolute Gasteiger partial charge is 0.504 e. The van der Waals surface area contributed by atoms with E-state index in [0.717, 1.165) is 12.8 Å². The fourth-order valence-corrected chi connectivity index (χ4v) is 2.53. The van der Waals surface area contributed by atoms with Crippen molar-refractivity contribution in [3.05, 3.63) is 23.8 Å². The molecule has 0 bridgehead atoms. The molecule has 0 radical (unpaired) electrons. The van der Waals surface area contributed by atoms with E-state index in [4.69, 9.17) is 9.47 Å². The highest BCUT2D eigenvalue weighted by Crippen LogP contribution is 2.37. The summed E-state index contributed by atoms with van der Waals surface area (Å²) in [5.41, 5.74) is 0.276. The molecular formula is C16H23NO4. The Bertz CT molecular complexity index is 499. The average Bonchev–Trinajstić information content (AvgIpc) is 3.32. The number of hydrogen-bond donors (Lipinski definition) is 1. The summed E-state index contributed by atoms with van der Waals surface area (Å²) in [4.78, 5) is 14.6. The number of ether oxygens (including phenoxy) is 2. The van der Waals surface area contributed by atoms with Crippen molar-refractivity contribution in [1.29, 1.82) is 0 Å². The maximum Gasteiger partial charge on any atom is 0.258 e. The zero-order valence-electron chi connectivity index (χ0n) is 12.8. The molecule has 0 saturated heterocycles. The topological polar surface area (TPSA) is 59.0 Å². The molecule has 1 N–H and O–H groups in total. The van der Waals surface area contributed by atoms with E-state index in [1.54, 1.807) is 30.2 Å². The van der Waals surface area contributed by atoms with Gasteiger partial charge in [-0.15, -0.1) is 0 Å². The van der Waals surface area contributed by atoms with E-state index in [-0.39, 0.29) is 23.3 Å². The molecular weight excluding hydrogens is 270 g/mol. The van der Waals surface area contributed by atoms with Gasteiger partial charge in [-0.1, -0.05) is 6.07 Å². The summed E-state index contributed by atoms with van der Waals surface area (Å²) in [6.07, 6.45) is 2.31. The van der Waals surface area contributed by atoms with Gasteiger partial charge in [-0.25, -0.2) is 0 Å². The Morgan fingerprint density at radius 1 is 1.43 bits per heavy atom. The second-order valence-electron chi connectivity index (χ2n) is 5.43. The summed E-state index contributed by atoms with van der Waals surface area (Å²) in [7, 11) is 3.09. The van der Waals surface area contributed by atoms with E-state index in [2.05, 4.69) is 6.92 Å². The minimum atomic E-state index is -0.178. The lowest BCUT2D eigenvalue weighted by molar-refractivity contribution is 0.0591. The Kier molecular flexibility index (Phi) is 5.07. The fraction of sp³-hybridized carbons (Fsp3) is 0.562. The number of carbonyl (C=O) groups excluding carboxylic acids is 1. The van der Waals surface area contributed by atoms with E-state index in [0.29, 0.717) is 24.8 Å². The van der Waals surface area contributed by atoms with Crippen LogP contribution < -0.4 is 4.74 Å². The number of para-hydroxylation sites is 1. The van der Waals surface area contributed by atoms with Gasteiger partial charge < -0.3 is 19.5 Å². The Hall–Kier alpha value is -1.75. The number of hydrogen-bond acceptors (Lipinski definition) is 4. The SMILES string of the molecule is COCCN(C(=O)c1cccc(OC)c1O)C(C)C1CC1. The Morgan fingerprint density at radius 3 is 2.71 bits per heavy atom. The number of carbonyl (C=O) groups is 1. The van der Waals surface area contributed by atoms with Gasteiger partial charge in [0.2, 0.25) is 0 Å². The normalized spacial score (nSPS) is 15.6. The number of rotatable bonds is 7. The molecule has 1 amide bonds. The highest BCUT2D eigenvalue weighted by atomic mass is 16.5. The third-order valence-electron chi connectivity index (χ3n) is 4.04. The Balaban J connectivity index is 2.24. The van der Waals surface area contributed by atoms with Gasteiger partial charge in [0.1, 0.15) is 0 Å². The lowest BCUT2D eigenvalue weighted by atomic mass is 10.1. The van der Waals surface area contributed by atoms with Gasteiger partial charge in [-0.2, -0.15) is 0 Å². The molecule has 1 aliphatic rings. The molecule has 0 aromatic heterocycles. The standard InChI is InChI=1S/C16H23NO4/c1-11(12-7-8-12)17(9-10-20-2)16(19)13-5-4-6-14(21-3)15(13)18/h4-6,11-12,18H,7-10H2,1-3H3. The highest BCUT2D eigenvalue weighted by Gasteiger charge is 2.35. The summed E-state index contributed by atoms with van der Waals surface area (Å²) in [6, 6.07) is 5.12. The van der Waals surface area contributed by atoms with Gasteiger partial charge in [0, 0.05) is 19.7 Å². The second kappa shape index (κ2) is 6.80. The Labute approximate surface area is 125 Å². The fourth-order valence-electron chi connectivity index (χ4n) is 2.53. The highest BCUT2D eigenvalue weighted by molar-refractivity contribution is 5.97. The number of phenolic OH excluding ortho intramolecular Hbond substituents is 1. The molecule has 1 fully saturated rings. The number of benzene rings is 1. The van der Waals surface area contributed by atoms with Crippen LogP contribution in [0.5, 0.6) is 11.5 Å². The summed E-state index contributed by atoms with van der Waals surface area (Å²) in [6.45, 7) is 3.06. The molecule has 1 aliphatic carbocycles. The van der Waals surface area contributed by atoms with Crippen molar-refractivity contribution >= 4 is 5.91 Å². The number of phenols is 1. The van der Waals surface area contributed by atoms with Crippen LogP contribution in [0.2, 0.25) is 0 Å². The van der Waals surface area contributed by atoms with Gasteiger partial charge >= 0.3 is 0 Å². The van der Waals surface area contributed by atoms with Crippen LogP contribution in [-0.4, -0.2) is 49.3 Å². The molecule has 0 heterocycles. The second-order valence-corrected chi connectivity index (χ2v) is 5.43. The molecule has 1 saturated carbocycles. The third-order valence-corrected chi connectivity index (χ3v) is 4.04. The molecule has 5 heteroatoms. The quantitative estimate of drug-likeness (QED) is 0.838. The summed E-state index contributed by atoms with van der Waals surface area (Å²) >= 11 is 0. The van der Waals surface area contributed by atoms with Crippen molar-refractivity contribution in [2.75, 3.05) is 27.4 Å². The van der Waals surface area contributed by atoms with E-state index >= 15 is 0 Å². The molecule has 1 aromatic carbocycles. The minimum Gasteiger partial charge on any atom is -0.504 e. The van der Waals surface area contributed by atoms with Crippen molar-refractivity contribution in [2.45, 2.75) is 25.8 Å². The zero-order chi connectivity index (χ0) is 15.4. The van der Waals surface area contributed by atoms with Crippen LogP contribution in [0.3, 0.4) is 0 Å². The predicted molar refractivity (Wildman–Crippen MR) is 79.8 cm³/mol. The lowest BCUT2D eigenvalue weighted by Gasteiger charge is -2.29. The third kappa shape index (κ3) is 3.47. The van der Waals surface area contributed by atoms with Gasteiger partial charge in [0.05, 0.1) is 19.3 Å². The van der Waals surface area contributed by atoms with Crippen LogP contribution in [0.1, 0.15) is 30.1 Å². The van der Waals surface area contributed by atoms with E-state index < -0.39 is 0 Å². The smallest absolute Gasteiger partial charge is 0.258 e. The van der Waals surface area contributed by atoms with E-state index in [9.17, 15) is 9.90 Å². The van der Waals surface area contributed by atoms with Crippen molar-refractivity contribution in [2.24, 2.45) is 5.92 Å². The van der Waals surface area contributed by atoms with Gasteiger partial charge in [0.15, 0.2) is 11.5 Å². The van der Waals surface area contributed by atoms with Gasteiger partial charge in [0.25, 0.3) is 5.91 Å². The van der Waals surface area contributed by atoms with Crippen LogP contribution in [0.15, 0.2) is 18.2 Å². The van der Waals surface area contributed by atoms with E-state index in [1.807, 2.05) is 0 Å². The lowest BCUT2D eigenvalue weighted by Crippen LogP contribution is -2.42.